The van der Waals surface area contributed by atoms with Gasteiger partial charge in [0.05, 0.1) is 18.3 Å². The maximum atomic E-state index is 13.3. The predicted molar refractivity (Wildman–Crippen MR) is 90.1 cm³/mol. The van der Waals surface area contributed by atoms with Gasteiger partial charge in [0.25, 0.3) is 5.91 Å². The van der Waals surface area contributed by atoms with Crippen LogP contribution in [0.5, 0.6) is 0 Å². The van der Waals surface area contributed by atoms with E-state index >= 15 is 0 Å². The van der Waals surface area contributed by atoms with Crippen molar-refractivity contribution in [3.05, 3.63) is 29.2 Å². The maximum Gasteiger partial charge on any atom is 0.433 e. The molecule has 0 aromatic carbocycles. The van der Waals surface area contributed by atoms with Crippen molar-refractivity contribution in [2.75, 3.05) is 13.1 Å². The van der Waals surface area contributed by atoms with Crippen molar-refractivity contribution in [2.24, 2.45) is 11.8 Å². The molecule has 1 aliphatic carbocycles. The fraction of sp³-hybridized carbons (Fsp3) is 0.611. The standard InChI is InChI=1S/C18H21F3N4O2/c1-10-8-24(9-17(10,27)12-4-3-5-12)16(26)13-7-22-25-14(18(19,20)21)6-11(2)23-15(13)25/h6-7,10,12,27H,3-5,8-9H2,1-2H3. The van der Waals surface area contributed by atoms with E-state index in [-0.39, 0.29) is 35.3 Å². The fourth-order valence-electron chi connectivity index (χ4n) is 4.22. The van der Waals surface area contributed by atoms with Crippen LogP contribution in [0.15, 0.2) is 12.3 Å². The predicted octanol–water partition coefficient (Wildman–Crippen LogP) is 2.68. The second kappa shape index (κ2) is 5.92. The third-order valence-electron chi connectivity index (χ3n) is 6.01. The number of rotatable bonds is 2. The zero-order chi connectivity index (χ0) is 19.6. The van der Waals surface area contributed by atoms with Crippen LogP contribution in [0.25, 0.3) is 5.65 Å². The number of halogens is 3. The summed E-state index contributed by atoms with van der Waals surface area (Å²) in [4.78, 5) is 18.6. The topological polar surface area (TPSA) is 70.7 Å². The van der Waals surface area contributed by atoms with Crippen molar-refractivity contribution in [3.8, 4) is 0 Å². The highest BCUT2D eigenvalue weighted by Gasteiger charge is 2.51. The molecule has 0 spiro atoms. The molecule has 0 bridgehead atoms. The Kier molecular flexibility index (Phi) is 3.99. The summed E-state index contributed by atoms with van der Waals surface area (Å²) in [5.41, 5.74) is -1.83. The molecule has 3 heterocycles. The molecule has 27 heavy (non-hydrogen) atoms. The number of alkyl halides is 3. The summed E-state index contributed by atoms with van der Waals surface area (Å²) < 4.78 is 40.5. The number of carbonyl (C=O) groups excluding carboxylic acids is 1. The minimum Gasteiger partial charge on any atom is -0.387 e. The summed E-state index contributed by atoms with van der Waals surface area (Å²) in [5, 5.41) is 14.8. The third kappa shape index (κ3) is 2.79. The first kappa shape index (κ1) is 18.2. The van der Waals surface area contributed by atoms with Gasteiger partial charge >= 0.3 is 6.18 Å². The van der Waals surface area contributed by atoms with E-state index in [0.717, 1.165) is 31.5 Å². The average Bonchev–Trinajstić information content (AvgIpc) is 3.05. The van der Waals surface area contributed by atoms with E-state index in [9.17, 15) is 23.1 Å². The molecule has 1 amide bonds. The SMILES string of the molecule is Cc1cc(C(F)(F)F)n2ncc(C(=O)N3CC(C)C(O)(C4CCC4)C3)c2n1. The molecule has 2 aromatic rings. The highest BCUT2D eigenvalue weighted by atomic mass is 19.4. The summed E-state index contributed by atoms with van der Waals surface area (Å²) in [7, 11) is 0. The van der Waals surface area contributed by atoms with Crippen LogP contribution >= 0.6 is 0 Å². The average molecular weight is 382 g/mol. The van der Waals surface area contributed by atoms with Crippen molar-refractivity contribution in [3.63, 3.8) is 0 Å². The Balaban J connectivity index is 1.69. The van der Waals surface area contributed by atoms with Gasteiger partial charge in [0, 0.05) is 18.2 Å². The van der Waals surface area contributed by atoms with Crippen LogP contribution in [0.2, 0.25) is 0 Å². The van der Waals surface area contributed by atoms with Gasteiger partial charge in [-0.15, -0.1) is 0 Å². The number of carbonyl (C=O) groups is 1. The number of fused-ring (bicyclic) bond motifs is 1. The lowest BCUT2D eigenvalue weighted by Gasteiger charge is -2.41. The highest BCUT2D eigenvalue weighted by Crippen LogP contribution is 2.44. The number of aryl methyl sites for hydroxylation is 1. The van der Waals surface area contributed by atoms with E-state index in [1.165, 1.54) is 11.8 Å². The van der Waals surface area contributed by atoms with E-state index in [4.69, 9.17) is 0 Å². The molecule has 2 aromatic heterocycles. The summed E-state index contributed by atoms with van der Waals surface area (Å²) in [6.45, 7) is 3.91. The van der Waals surface area contributed by atoms with Crippen LogP contribution in [0, 0.1) is 18.8 Å². The number of aliphatic hydroxyl groups is 1. The Morgan fingerprint density at radius 3 is 2.67 bits per heavy atom. The normalized spacial score (nSPS) is 26.6. The molecule has 1 aliphatic heterocycles. The molecule has 4 rings (SSSR count). The van der Waals surface area contributed by atoms with Gasteiger partial charge in [0.1, 0.15) is 11.3 Å². The van der Waals surface area contributed by atoms with Gasteiger partial charge in [-0.3, -0.25) is 4.79 Å². The smallest absolute Gasteiger partial charge is 0.387 e. The Labute approximate surface area is 154 Å². The van der Waals surface area contributed by atoms with Gasteiger partial charge in [-0.25, -0.2) is 9.50 Å². The lowest BCUT2D eigenvalue weighted by molar-refractivity contribution is -0.142. The molecule has 146 valence electrons. The van der Waals surface area contributed by atoms with Crippen LogP contribution in [-0.2, 0) is 6.18 Å². The first-order chi connectivity index (χ1) is 12.6. The largest absolute Gasteiger partial charge is 0.433 e. The summed E-state index contributed by atoms with van der Waals surface area (Å²) in [6, 6.07) is 0.904. The molecule has 6 nitrogen and oxygen atoms in total. The Morgan fingerprint density at radius 1 is 1.37 bits per heavy atom. The van der Waals surface area contributed by atoms with E-state index < -0.39 is 23.4 Å². The molecule has 0 radical (unpaired) electrons. The molecule has 2 fully saturated rings. The van der Waals surface area contributed by atoms with E-state index in [2.05, 4.69) is 10.1 Å². The van der Waals surface area contributed by atoms with E-state index in [1.807, 2.05) is 6.92 Å². The first-order valence-corrected chi connectivity index (χ1v) is 9.05. The zero-order valence-electron chi connectivity index (χ0n) is 15.1. The van der Waals surface area contributed by atoms with Gasteiger partial charge in [-0.2, -0.15) is 18.3 Å². The minimum absolute atomic E-state index is 0.0225. The van der Waals surface area contributed by atoms with Crippen LogP contribution in [0.1, 0.15) is 47.9 Å². The Morgan fingerprint density at radius 2 is 2.07 bits per heavy atom. The lowest BCUT2D eigenvalue weighted by Crippen LogP contribution is -2.48. The number of hydrogen-bond acceptors (Lipinski definition) is 4. The number of amides is 1. The second-order valence-electron chi connectivity index (χ2n) is 7.78. The Hall–Kier alpha value is -2.16. The monoisotopic (exact) mass is 382 g/mol. The number of β-amino-alcohol motifs (C(OH)–C–C–N with tert-alkyl or cyclic N) is 1. The molecular formula is C18H21F3N4O2. The van der Waals surface area contributed by atoms with Crippen molar-refractivity contribution in [1.29, 1.82) is 0 Å². The van der Waals surface area contributed by atoms with Crippen molar-refractivity contribution in [1.82, 2.24) is 19.5 Å². The second-order valence-corrected chi connectivity index (χ2v) is 7.78. The quantitative estimate of drug-likeness (QED) is 0.867. The first-order valence-electron chi connectivity index (χ1n) is 9.05. The van der Waals surface area contributed by atoms with Crippen LogP contribution in [0.4, 0.5) is 13.2 Å². The third-order valence-corrected chi connectivity index (χ3v) is 6.01. The van der Waals surface area contributed by atoms with E-state index in [1.54, 1.807) is 0 Å². The minimum atomic E-state index is -4.61. The molecular weight excluding hydrogens is 361 g/mol. The molecule has 1 saturated heterocycles. The molecule has 2 unspecified atom stereocenters. The fourth-order valence-corrected chi connectivity index (χ4v) is 4.22. The number of nitrogens with zero attached hydrogens (tertiary/aromatic N) is 4. The molecule has 9 heteroatoms. The number of aromatic nitrogens is 3. The summed E-state index contributed by atoms with van der Waals surface area (Å²) in [6.07, 6.45) is -0.523. The highest BCUT2D eigenvalue weighted by molar-refractivity contribution is 6.00. The van der Waals surface area contributed by atoms with Crippen molar-refractivity contribution >= 4 is 11.6 Å². The maximum absolute atomic E-state index is 13.3. The van der Waals surface area contributed by atoms with Gasteiger partial charge in [0.15, 0.2) is 5.65 Å². The number of likely N-dealkylation sites (tertiary alicyclic amines) is 1. The molecule has 1 N–H and O–H groups in total. The molecule has 2 aliphatic rings. The van der Waals surface area contributed by atoms with Gasteiger partial charge in [-0.05, 0) is 31.7 Å². The van der Waals surface area contributed by atoms with Gasteiger partial charge in [-0.1, -0.05) is 13.3 Å². The summed E-state index contributed by atoms with van der Waals surface area (Å²) in [5.74, 6) is -0.362. The Bertz CT molecular complexity index is 906. The number of hydrogen-bond donors (Lipinski definition) is 1. The van der Waals surface area contributed by atoms with E-state index in [0.29, 0.717) is 11.1 Å². The molecule has 2 atom stereocenters. The lowest BCUT2D eigenvalue weighted by atomic mass is 9.69. The van der Waals surface area contributed by atoms with Gasteiger partial charge in [0.2, 0.25) is 0 Å². The summed E-state index contributed by atoms with van der Waals surface area (Å²) >= 11 is 0. The van der Waals surface area contributed by atoms with Gasteiger partial charge < -0.3 is 10.0 Å². The van der Waals surface area contributed by atoms with Crippen molar-refractivity contribution in [2.45, 2.75) is 44.9 Å². The van der Waals surface area contributed by atoms with Crippen LogP contribution in [0.3, 0.4) is 0 Å². The van der Waals surface area contributed by atoms with Crippen molar-refractivity contribution < 1.29 is 23.1 Å². The van der Waals surface area contributed by atoms with Crippen LogP contribution < -0.4 is 0 Å². The zero-order valence-corrected chi connectivity index (χ0v) is 15.1. The molecule has 1 saturated carbocycles. The van der Waals surface area contributed by atoms with Crippen LogP contribution in [-0.4, -0.2) is 49.2 Å².